The smallest absolute Gasteiger partial charge is 0.307 e. The first-order chi connectivity index (χ1) is 17.6. The third-order valence-corrected chi connectivity index (χ3v) is 11.0. The van der Waals surface area contributed by atoms with Gasteiger partial charge in [-0.2, -0.15) is 13.2 Å². The van der Waals surface area contributed by atoms with E-state index in [0.29, 0.717) is 6.42 Å². The summed E-state index contributed by atoms with van der Waals surface area (Å²) in [6.45, 7) is 0. The van der Waals surface area contributed by atoms with E-state index < -0.39 is 35.4 Å². The van der Waals surface area contributed by atoms with Crippen LogP contribution >= 0.6 is 23.1 Å². The van der Waals surface area contributed by atoms with Crippen molar-refractivity contribution in [2.24, 2.45) is 29.6 Å². The van der Waals surface area contributed by atoms with Crippen molar-refractivity contribution in [3.05, 3.63) is 80.0 Å². The minimum atomic E-state index is -4.60. The van der Waals surface area contributed by atoms with Crippen LogP contribution in [0.3, 0.4) is 0 Å². The number of anilines is 1. The summed E-state index contributed by atoms with van der Waals surface area (Å²) in [5.74, 6) is -3.19. The van der Waals surface area contributed by atoms with Gasteiger partial charge in [-0.15, -0.1) is 11.8 Å². The Morgan fingerprint density at radius 2 is 1.65 bits per heavy atom. The van der Waals surface area contributed by atoms with Crippen molar-refractivity contribution in [1.29, 1.82) is 0 Å². The molecule has 0 unspecified atom stereocenters. The van der Waals surface area contributed by atoms with Gasteiger partial charge in [0.15, 0.2) is 0 Å². The number of aromatic nitrogens is 1. The topological polar surface area (TPSA) is 70.2 Å². The third kappa shape index (κ3) is 3.26. The predicted octanol–water partition coefficient (Wildman–Crippen LogP) is 5.27. The predicted molar refractivity (Wildman–Crippen MR) is 129 cm³/mol. The molecule has 3 aromatic rings. The van der Waals surface area contributed by atoms with Crippen LogP contribution in [-0.2, 0) is 15.8 Å². The highest BCUT2D eigenvalue weighted by molar-refractivity contribution is 8.00. The molecule has 190 valence electrons. The first-order valence-electron chi connectivity index (χ1n) is 11.8. The molecule has 4 aliphatic rings. The molecule has 0 radical (unpaired) electrons. The molecule has 0 spiro atoms. The monoisotopic (exact) mass is 546 g/mol. The Kier molecular flexibility index (Phi) is 4.89. The lowest BCUT2D eigenvalue weighted by Crippen LogP contribution is -2.42. The second-order valence-corrected chi connectivity index (χ2v) is 12.3. The summed E-state index contributed by atoms with van der Waals surface area (Å²) in [4.78, 5) is 44.0. The number of amides is 2. The van der Waals surface area contributed by atoms with E-state index >= 15 is 0 Å². The molecule has 2 aromatic carbocycles. The second-order valence-electron chi connectivity index (χ2n) is 10.1. The number of thioether (sulfide) groups is 1. The van der Waals surface area contributed by atoms with E-state index in [1.807, 2.05) is 0 Å². The zero-order valence-corrected chi connectivity index (χ0v) is 20.5. The van der Waals surface area contributed by atoms with Crippen molar-refractivity contribution in [3.8, 4) is 0 Å². The Labute approximate surface area is 215 Å². The van der Waals surface area contributed by atoms with Crippen LogP contribution < -0.4 is 9.77 Å². The van der Waals surface area contributed by atoms with Gasteiger partial charge < -0.3 is 4.98 Å². The van der Waals surface area contributed by atoms with Gasteiger partial charge in [0.1, 0.15) is 5.82 Å². The maximum Gasteiger partial charge on any atom is 0.416 e. The number of carbonyl (C=O) groups is 2. The lowest BCUT2D eigenvalue weighted by Gasteiger charge is -2.43. The maximum atomic E-state index is 13.7. The molecule has 37 heavy (non-hydrogen) atoms. The Bertz CT molecular complexity index is 1510. The lowest BCUT2D eigenvalue weighted by molar-refractivity contribution is -0.137. The molecule has 7 atom stereocenters. The lowest BCUT2D eigenvalue weighted by atomic mass is 9.68. The summed E-state index contributed by atoms with van der Waals surface area (Å²) in [5, 5.41) is 0.679. The summed E-state index contributed by atoms with van der Waals surface area (Å²) >= 11 is 2.63. The Morgan fingerprint density at radius 1 is 0.946 bits per heavy atom. The van der Waals surface area contributed by atoms with Crippen molar-refractivity contribution < 1.29 is 27.2 Å². The van der Waals surface area contributed by atoms with E-state index in [9.17, 15) is 31.9 Å². The fourth-order valence-corrected chi connectivity index (χ4v) is 10.0. The molecule has 2 aliphatic heterocycles. The van der Waals surface area contributed by atoms with Crippen molar-refractivity contribution in [1.82, 2.24) is 4.98 Å². The SMILES string of the molecule is O=C1[C@@H]2[C@H]3C[C@@H]([C@@H]2C(=O)N1c1cccc(C(F)(F)F)c1)[C@@H]1[C@H](c2ccc(F)cc2)c2sc(=O)[nH]c2S[C@@H]31. The van der Waals surface area contributed by atoms with Crippen LogP contribution in [0.2, 0.25) is 0 Å². The van der Waals surface area contributed by atoms with Gasteiger partial charge >= 0.3 is 11.0 Å². The molecular formula is C26H18F4N2O3S2. The number of H-pyrrole nitrogens is 1. The number of aromatic amines is 1. The summed E-state index contributed by atoms with van der Waals surface area (Å²) < 4.78 is 53.7. The number of rotatable bonds is 2. The van der Waals surface area contributed by atoms with Gasteiger partial charge in [0, 0.05) is 16.0 Å². The van der Waals surface area contributed by atoms with Gasteiger partial charge in [-0.05, 0) is 60.1 Å². The fourth-order valence-electron chi connectivity index (χ4n) is 7.14. The van der Waals surface area contributed by atoms with Crippen LogP contribution in [0.4, 0.5) is 23.2 Å². The standard InChI is InChI=1S/C26H18F4N2O3S2/c27-12-6-4-10(5-7-12)16-17-14-9-15(20(17)36-22-21(16)37-25(35)31-22)19-18(14)23(33)32(24(19)34)13-3-1-2-11(8-13)26(28,29)30/h1-8,14-20H,9H2,(H,31,35)/t14-,15-,16+,17-,18+,19-,20+/m1/s1. The van der Waals surface area contributed by atoms with Gasteiger partial charge in [0.05, 0.1) is 28.1 Å². The number of carbonyl (C=O) groups excluding carboxylic acids is 2. The fraction of sp³-hybridized carbons (Fsp3) is 0.346. The van der Waals surface area contributed by atoms with E-state index in [4.69, 9.17) is 0 Å². The van der Waals surface area contributed by atoms with Crippen LogP contribution in [0.5, 0.6) is 0 Å². The van der Waals surface area contributed by atoms with Crippen molar-refractivity contribution in [3.63, 3.8) is 0 Å². The normalized spacial score (nSPS) is 32.0. The van der Waals surface area contributed by atoms with Gasteiger partial charge in [-0.3, -0.25) is 19.3 Å². The summed E-state index contributed by atoms with van der Waals surface area (Å²) in [5.41, 5.74) is -0.142. The summed E-state index contributed by atoms with van der Waals surface area (Å²) in [6, 6.07) is 10.5. The van der Waals surface area contributed by atoms with E-state index in [1.54, 1.807) is 12.1 Å². The first-order valence-corrected chi connectivity index (χ1v) is 13.5. The molecule has 1 aromatic heterocycles. The number of thiazole rings is 1. The van der Waals surface area contributed by atoms with Crippen LogP contribution in [0, 0.1) is 35.4 Å². The average molecular weight is 547 g/mol. The minimum absolute atomic E-state index is 0.0581. The van der Waals surface area contributed by atoms with E-state index in [-0.39, 0.29) is 45.3 Å². The van der Waals surface area contributed by atoms with Gasteiger partial charge in [0.2, 0.25) is 11.8 Å². The number of nitrogens with one attached hydrogen (secondary N) is 1. The van der Waals surface area contributed by atoms with Crippen molar-refractivity contribution in [2.75, 3.05) is 4.90 Å². The Hall–Kier alpha value is -2.92. The number of hydrogen-bond acceptors (Lipinski definition) is 5. The van der Waals surface area contributed by atoms with Gasteiger partial charge in [-0.1, -0.05) is 29.5 Å². The van der Waals surface area contributed by atoms with Gasteiger partial charge in [0.25, 0.3) is 0 Å². The van der Waals surface area contributed by atoms with E-state index in [1.165, 1.54) is 36.0 Å². The molecule has 3 heterocycles. The highest BCUT2D eigenvalue weighted by Crippen LogP contribution is 2.68. The second kappa shape index (κ2) is 7.80. The number of alkyl halides is 3. The average Bonchev–Trinajstić information content (AvgIpc) is 3.58. The Morgan fingerprint density at radius 3 is 2.35 bits per heavy atom. The highest BCUT2D eigenvalue weighted by atomic mass is 32.2. The number of halogens is 4. The van der Waals surface area contributed by atoms with Crippen LogP contribution in [-0.4, -0.2) is 22.0 Å². The van der Waals surface area contributed by atoms with Crippen molar-refractivity contribution >= 4 is 40.6 Å². The van der Waals surface area contributed by atoms with Crippen LogP contribution in [0.25, 0.3) is 0 Å². The minimum Gasteiger partial charge on any atom is -0.307 e. The maximum absolute atomic E-state index is 13.7. The highest BCUT2D eigenvalue weighted by Gasteiger charge is 2.69. The number of hydrogen-bond donors (Lipinski definition) is 1. The largest absolute Gasteiger partial charge is 0.416 e. The molecule has 2 saturated carbocycles. The molecule has 11 heteroatoms. The Balaban J connectivity index is 1.30. The number of benzene rings is 2. The van der Waals surface area contributed by atoms with E-state index in [0.717, 1.165) is 43.8 Å². The zero-order chi connectivity index (χ0) is 25.8. The molecule has 2 aliphatic carbocycles. The van der Waals surface area contributed by atoms with Crippen LogP contribution in [0.1, 0.15) is 28.3 Å². The molecule has 5 nitrogen and oxygen atoms in total. The van der Waals surface area contributed by atoms with Crippen molar-refractivity contribution in [2.45, 2.75) is 28.8 Å². The molecule has 2 bridgehead atoms. The zero-order valence-electron chi connectivity index (χ0n) is 18.9. The van der Waals surface area contributed by atoms with E-state index in [2.05, 4.69) is 4.98 Å². The molecule has 2 amide bonds. The first kappa shape index (κ1) is 23.2. The molecule has 7 rings (SSSR count). The summed E-state index contributed by atoms with van der Waals surface area (Å²) in [6.07, 6.45) is -3.94. The molecular weight excluding hydrogens is 528 g/mol. The quantitative estimate of drug-likeness (QED) is 0.351. The van der Waals surface area contributed by atoms with Gasteiger partial charge in [-0.25, -0.2) is 4.39 Å². The summed E-state index contributed by atoms with van der Waals surface area (Å²) in [7, 11) is 0. The number of fused-ring (bicyclic) bond motifs is 9. The van der Waals surface area contributed by atoms with Crippen LogP contribution in [0.15, 0.2) is 58.4 Å². The molecule has 3 fully saturated rings. The number of nitrogens with zero attached hydrogens (tertiary/aromatic N) is 1. The molecule has 1 N–H and O–H groups in total. The third-order valence-electron chi connectivity index (χ3n) is 8.38. The molecule has 1 saturated heterocycles. The number of imide groups is 1.